The highest BCUT2D eigenvalue weighted by atomic mass is 35.5. The lowest BCUT2D eigenvalue weighted by molar-refractivity contribution is -0.131. The first kappa shape index (κ1) is 24.0. The summed E-state index contributed by atoms with van der Waals surface area (Å²) in [6, 6.07) is 3.05. The Morgan fingerprint density at radius 2 is 1.86 bits per heavy atom. The van der Waals surface area contributed by atoms with Gasteiger partial charge in [0.2, 0.25) is 15.9 Å². The van der Waals surface area contributed by atoms with Crippen molar-refractivity contribution in [3.8, 4) is 0 Å². The van der Waals surface area contributed by atoms with E-state index in [9.17, 15) is 26.0 Å². The number of rotatable bonds is 8. The van der Waals surface area contributed by atoms with Crippen molar-refractivity contribution >= 4 is 37.4 Å². The van der Waals surface area contributed by atoms with Crippen molar-refractivity contribution < 1.29 is 26.0 Å². The molecule has 7 nitrogen and oxygen atoms in total. The number of hydrogen-bond donors (Lipinski definition) is 1. The Labute approximate surface area is 176 Å². The van der Waals surface area contributed by atoms with Gasteiger partial charge in [0.05, 0.1) is 20.9 Å². The first-order valence-corrected chi connectivity index (χ1v) is 12.9. The highest BCUT2D eigenvalue weighted by Crippen LogP contribution is 2.21. The van der Waals surface area contributed by atoms with Crippen LogP contribution in [0.25, 0.3) is 0 Å². The van der Waals surface area contributed by atoms with E-state index in [1.54, 1.807) is 4.90 Å². The second kappa shape index (κ2) is 9.72. The minimum Gasteiger partial charge on any atom is -0.343 e. The highest BCUT2D eigenvalue weighted by molar-refractivity contribution is 7.92. The van der Waals surface area contributed by atoms with Crippen molar-refractivity contribution in [1.82, 2.24) is 9.62 Å². The molecule has 0 saturated carbocycles. The summed E-state index contributed by atoms with van der Waals surface area (Å²) in [4.78, 5) is 13.7. The van der Waals surface area contributed by atoms with Crippen LogP contribution >= 0.6 is 11.6 Å². The van der Waals surface area contributed by atoms with Gasteiger partial charge in [-0.1, -0.05) is 25.4 Å². The molecule has 1 aliphatic rings. The number of sulfonamides is 1. The van der Waals surface area contributed by atoms with Gasteiger partial charge in [0, 0.05) is 26.1 Å². The summed E-state index contributed by atoms with van der Waals surface area (Å²) < 4.78 is 64.5. The molecule has 0 spiro atoms. The second-order valence-corrected chi connectivity index (χ2v) is 12.0. The standard InChI is InChI=1S/C18H26ClFN2O5S2/c1-13(2)12-28(24,25)14-6-9-22(10-7-14)18(23)5-8-21-29(26,27)15-3-4-17(20)16(19)11-15/h3-4,11,13-14,21H,5-10,12H2,1-2H3. The zero-order chi connectivity index (χ0) is 21.8. The fourth-order valence-corrected chi connectivity index (χ4v) is 6.68. The quantitative estimate of drug-likeness (QED) is 0.630. The number of likely N-dealkylation sites (tertiary alicyclic amines) is 1. The third kappa shape index (κ3) is 6.63. The first-order chi connectivity index (χ1) is 13.4. The van der Waals surface area contributed by atoms with Crippen LogP contribution in [0, 0.1) is 11.7 Å². The van der Waals surface area contributed by atoms with Gasteiger partial charge < -0.3 is 4.90 Å². The molecule has 1 aromatic carbocycles. The number of nitrogens with one attached hydrogen (secondary N) is 1. The number of halogens is 2. The maximum Gasteiger partial charge on any atom is 0.240 e. The zero-order valence-corrected chi connectivity index (χ0v) is 18.8. The summed E-state index contributed by atoms with van der Waals surface area (Å²) >= 11 is 5.61. The van der Waals surface area contributed by atoms with Crippen LogP contribution in [-0.2, 0) is 24.7 Å². The Morgan fingerprint density at radius 1 is 1.24 bits per heavy atom. The van der Waals surface area contributed by atoms with Crippen LogP contribution in [0.2, 0.25) is 5.02 Å². The number of piperidine rings is 1. The highest BCUT2D eigenvalue weighted by Gasteiger charge is 2.31. The van der Waals surface area contributed by atoms with Crippen molar-refractivity contribution in [2.24, 2.45) is 5.92 Å². The van der Waals surface area contributed by atoms with Gasteiger partial charge in [-0.3, -0.25) is 4.79 Å². The van der Waals surface area contributed by atoms with Gasteiger partial charge in [0.1, 0.15) is 5.82 Å². The molecule has 0 atom stereocenters. The Balaban J connectivity index is 1.84. The lowest BCUT2D eigenvalue weighted by atomic mass is 10.1. The molecule has 0 aromatic heterocycles. The van der Waals surface area contributed by atoms with E-state index in [2.05, 4.69) is 4.72 Å². The van der Waals surface area contributed by atoms with E-state index in [0.717, 1.165) is 18.2 Å². The van der Waals surface area contributed by atoms with Crippen LogP contribution in [-0.4, -0.2) is 58.3 Å². The molecule has 2 rings (SSSR count). The number of benzene rings is 1. The maximum absolute atomic E-state index is 13.2. The Kier molecular flexibility index (Phi) is 8.06. The minimum atomic E-state index is -3.92. The molecule has 29 heavy (non-hydrogen) atoms. The summed E-state index contributed by atoms with van der Waals surface area (Å²) in [6.07, 6.45) is 0.721. The van der Waals surface area contributed by atoms with Gasteiger partial charge in [0.25, 0.3) is 0 Å². The third-order valence-electron chi connectivity index (χ3n) is 4.70. The monoisotopic (exact) mass is 468 g/mol. The molecule has 1 aromatic rings. The van der Waals surface area contributed by atoms with Gasteiger partial charge in [-0.25, -0.2) is 25.9 Å². The molecule has 0 radical (unpaired) electrons. The van der Waals surface area contributed by atoms with Gasteiger partial charge >= 0.3 is 0 Å². The molecule has 1 heterocycles. The normalized spacial score (nSPS) is 16.4. The van der Waals surface area contributed by atoms with E-state index in [0.29, 0.717) is 25.9 Å². The van der Waals surface area contributed by atoms with Gasteiger partial charge in [-0.05, 0) is 37.0 Å². The van der Waals surface area contributed by atoms with Crippen molar-refractivity contribution in [3.05, 3.63) is 29.0 Å². The molecule has 0 unspecified atom stereocenters. The third-order valence-corrected chi connectivity index (χ3v) is 9.07. The average Bonchev–Trinajstić information content (AvgIpc) is 2.62. The van der Waals surface area contributed by atoms with Gasteiger partial charge in [0.15, 0.2) is 9.84 Å². The lowest BCUT2D eigenvalue weighted by Gasteiger charge is -2.32. The van der Waals surface area contributed by atoms with Crippen LogP contribution in [0.15, 0.2) is 23.1 Å². The number of amides is 1. The SMILES string of the molecule is CC(C)CS(=O)(=O)C1CCN(C(=O)CCNS(=O)(=O)c2ccc(F)c(Cl)c2)CC1. The molecule has 1 amide bonds. The molecule has 1 N–H and O–H groups in total. The number of sulfone groups is 1. The van der Waals surface area contributed by atoms with Crippen LogP contribution in [0.4, 0.5) is 4.39 Å². The van der Waals surface area contributed by atoms with E-state index >= 15 is 0 Å². The van der Waals surface area contributed by atoms with E-state index in [1.165, 1.54) is 0 Å². The fraction of sp³-hybridized carbons (Fsp3) is 0.611. The molecule has 1 fully saturated rings. The van der Waals surface area contributed by atoms with E-state index < -0.39 is 30.9 Å². The minimum absolute atomic E-state index is 0.0580. The van der Waals surface area contributed by atoms with Crippen LogP contribution in [0.3, 0.4) is 0 Å². The molecular formula is C18H26ClFN2O5S2. The number of hydrogen-bond acceptors (Lipinski definition) is 5. The summed E-state index contributed by atoms with van der Waals surface area (Å²) in [5, 5.41) is -0.741. The van der Waals surface area contributed by atoms with Crippen LogP contribution in [0.1, 0.15) is 33.1 Å². The summed E-state index contributed by atoms with van der Waals surface area (Å²) in [5.74, 6) is -0.770. The van der Waals surface area contributed by atoms with Crippen molar-refractivity contribution in [2.75, 3.05) is 25.4 Å². The van der Waals surface area contributed by atoms with E-state index in [1.807, 2.05) is 13.8 Å². The molecule has 1 saturated heterocycles. The summed E-state index contributed by atoms with van der Waals surface area (Å²) in [7, 11) is -7.09. The molecular weight excluding hydrogens is 443 g/mol. The molecule has 0 aliphatic carbocycles. The van der Waals surface area contributed by atoms with Crippen molar-refractivity contribution in [1.29, 1.82) is 0 Å². The van der Waals surface area contributed by atoms with Crippen LogP contribution in [0.5, 0.6) is 0 Å². The second-order valence-electron chi connectivity index (χ2n) is 7.53. The zero-order valence-electron chi connectivity index (χ0n) is 16.4. The lowest BCUT2D eigenvalue weighted by Crippen LogP contribution is -2.44. The van der Waals surface area contributed by atoms with Crippen molar-refractivity contribution in [2.45, 2.75) is 43.3 Å². The van der Waals surface area contributed by atoms with Gasteiger partial charge in [-0.15, -0.1) is 0 Å². The predicted molar refractivity (Wildman–Crippen MR) is 109 cm³/mol. The molecule has 11 heteroatoms. The molecule has 164 valence electrons. The number of carbonyl (C=O) groups is 1. The molecule has 0 bridgehead atoms. The Bertz CT molecular complexity index is 943. The topological polar surface area (TPSA) is 101 Å². The van der Waals surface area contributed by atoms with Crippen LogP contribution < -0.4 is 4.72 Å². The summed E-state index contributed by atoms with van der Waals surface area (Å²) in [5.41, 5.74) is 0. The smallest absolute Gasteiger partial charge is 0.240 e. The predicted octanol–water partition coefficient (Wildman–Crippen LogP) is 2.21. The molecule has 1 aliphatic heterocycles. The fourth-order valence-electron chi connectivity index (χ4n) is 3.24. The van der Waals surface area contributed by atoms with E-state index in [-0.39, 0.29) is 40.5 Å². The summed E-state index contributed by atoms with van der Waals surface area (Å²) in [6.45, 7) is 4.26. The van der Waals surface area contributed by atoms with E-state index in [4.69, 9.17) is 11.6 Å². The maximum atomic E-state index is 13.2. The number of nitrogens with zero attached hydrogens (tertiary/aromatic N) is 1. The average molecular weight is 469 g/mol. The Morgan fingerprint density at radius 3 is 2.41 bits per heavy atom. The first-order valence-electron chi connectivity index (χ1n) is 9.36. The Hall–Kier alpha value is -1.23. The van der Waals surface area contributed by atoms with Crippen molar-refractivity contribution in [3.63, 3.8) is 0 Å². The van der Waals surface area contributed by atoms with Gasteiger partial charge in [-0.2, -0.15) is 0 Å². The largest absolute Gasteiger partial charge is 0.343 e. The number of carbonyl (C=O) groups excluding carboxylic acids is 1.